The smallest absolute Gasteiger partial charge is 0.369 e. The Hall–Kier alpha value is -0.720. The van der Waals surface area contributed by atoms with Crippen molar-refractivity contribution in [2.24, 2.45) is 0 Å². The van der Waals surface area contributed by atoms with E-state index in [4.69, 9.17) is 0 Å². The predicted octanol–water partition coefficient (Wildman–Crippen LogP) is 5.00. The first kappa shape index (κ1) is 15.2. The highest BCUT2D eigenvalue weighted by atomic mass is 79.9. The number of rotatable bonds is 1. The molecule has 1 atom stereocenters. The van der Waals surface area contributed by atoms with E-state index in [-0.39, 0.29) is 12.3 Å². The summed E-state index contributed by atoms with van der Waals surface area (Å²) in [5.41, 5.74) is 0.801. The van der Waals surface area contributed by atoms with Crippen molar-refractivity contribution in [3.63, 3.8) is 0 Å². The molecule has 0 spiro atoms. The van der Waals surface area contributed by atoms with Gasteiger partial charge in [0.25, 0.3) is 0 Å². The second-order valence-electron chi connectivity index (χ2n) is 5.95. The minimum atomic E-state index is -4.25. The Morgan fingerprint density at radius 2 is 1.76 bits per heavy atom. The number of hydrogen-bond acceptors (Lipinski definition) is 2. The maximum Gasteiger partial charge on any atom is 0.410 e. The molecule has 0 amide bonds. The van der Waals surface area contributed by atoms with Gasteiger partial charge in [-0.25, -0.2) is 4.68 Å². The van der Waals surface area contributed by atoms with Crippen molar-refractivity contribution in [1.82, 2.24) is 9.78 Å². The van der Waals surface area contributed by atoms with E-state index in [2.05, 4.69) is 26.3 Å². The Morgan fingerprint density at radius 1 is 1.10 bits per heavy atom. The Morgan fingerprint density at radius 3 is 2.38 bits per heavy atom. The van der Waals surface area contributed by atoms with Crippen molar-refractivity contribution in [3.05, 3.63) is 10.2 Å². The van der Waals surface area contributed by atoms with Crippen molar-refractivity contribution in [3.8, 4) is 0 Å². The van der Waals surface area contributed by atoms with Gasteiger partial charge < -0.3 is 5.32 Å². The fourth-order valence-corrected chi connectivity index (χ4v) is 4.11. The van der Waals surface area contributed by atoms with Crippen LogP contribution in [0.25, 0.3) is 0 Å². The molecule has 7 heteroatoms. The van der Waals surface area contributed by atoms with Crippen molar-refractivity contribution in [2.75, 3.05) is 11.9 Å². The highest BCUT2D eigenvalue weighted by Gasteiger charge is 2.45. The molecule has 2 aliphatic rings. The second kappa shape index (κ2) is 5.82. The van der Waals surface area contributed by atoms with Crippen molar-refractivity contribution in [1.29, 1.82) is 0 Å². The predicted molar refractivity (Wildman–Crippen MR) is 78.6 cm³/mol. The Bertz CT molecular complexity index is 504. The molecule has 1 saturated carbocycles. The van der Waals surface area contributed by atoms with E-state index in [0.29, 0.717) is 12.4 Å². The summed E-state index contributed by atoms with van der Waals surface area (Å²) in [7, 11) is 0. The summed E-state index contributed by atoms with van der Waals surface area (Å²) in [5.74, 6) is 0.762. The number of nitrogens with zero attached hydrogens (tertiary/aromatic N) is 2. The summed E-state index contributed by atoms with van der Waals surface area (Å²) < 4.78 is 41.4. The van der Waals surface area contributed by atoms with Crippen LogP contribution in [0.15, 0.2) is 4.47 Å². The summed E-state index contributed by atoms with van der Waals surface area (Å²) in [6, 6.07) is -1.51. The van der Waals surface area contributed by atoms with Gasteiger partial charge in [0.2, 0.25) is 0 Å². The van der Waals surface area contributed by atoms with Gasteiger partial charge in [0, 0.05) is 12.5 Å². The molecule has 0 saturated heterocycles. The molecule has 0 radical (unpaired) electrons. The minimum absolute atomic E-state index is 0.0364. The van der Waals surface area contributed by atoms with E-state index in [1.54, 1.807) is 0 Å². The molecule has 3 nitrogen and oxygen atoms in total. The minimum Gasteiger partial charge on any atom is -0.369 e. The van der Waals surface area contributed by atoms with E-state index in [1.807, 2.05) is 0 Å². The van der Waals surface area contributed by atoms with E-state index < -0.39 is 12.2 Å². The van der Waals surface area contributed by atoms with Crippen molar-refractivity contribution >= 4 is 21.7 Å². The zero-order valence-corrected chi connectivity index (χ0v) is 13.3. The molecule has 1 fully saturated rings. The zero-order valence-electron chi connectivity index (χ0n) is 11.7. The fraction of sp³-hybridized carbons (Fsp3) is 0.786. The van der Waals surface area contributed by atoms with Crippen LogP contribution >= 0.6 is 15.9 Å². The number of aromatic nitrogens is 2. The first-order valence-electron chi connectivity index (χ1n) is 7.57. The second-order valence-corrected chi connectivity index (χ2v) is 6.75. The van der Waals surface area contributed by atoms with Crippen LogP contribution in [-0.4, -0.2) is 22.5 Å². The van der Waals surface area contributed by atoms with Crippen LogP contribution in [0.1, 0.15) is 62.6 Å². The number of halogens is 4. The van der Waals surface area contributed by atoms with Crippen LogP contribution in [0.5, 0.6) is 0 Å². The lowest BCUT2D eigenvalue weighted by molar-refractivity contribution is -0.171. The molecular weight excluding hydrogens is 347 g/mol. The van der Waals surface area contributed by atoms with Gasteiger partial charge in [-0.3, -0.25) is 0 Å². The van der Waals surface area contributed by atoms with E-state index in [1.165, 1.54) is 12.8 Å². The van der Waals surface area contributed by atoms with Gasteiger partial charge in [0.05, 0.1) is 10.2 Å². The third-order valence-corrected chi connectivity index (χ3v) is 5.28. The summed E-state index contributed by atoms with van der Waals surface area (Å²) in [4.78, 5) is 0. The molecule has 118 valence electrons. The third kappa shape index (κ3) is 2.94. The largest absolute Gasteiger partial charge is 0.410 e. The number of fused-ring (bicyclic) bond motifs is 1. The van der Waals surface area contributed by atoms with Crippen LogP contribution in [0.3, 0.4) is 0 Å². The summed E-state index contributed by atoms with van der Waals surface area (Å²) in [6.07, 6.45) is 2.52. The van der Waals surface area contributed by atoms with Crippen molar-refractivity contribution in [2.45, 2.75) is 63.1 Å². The van der Waals surface area contributed by atoms with Gasteiger partial charge in [-0.2, -0.15) is 18.3 Å². The summed E-state index contributed by atoms with van der Waals surface area (Å²) in [6.45, 7) is 0.332. The molecule has 1 aliphatic heterocycles. The maximum absolute atomic E-state index is 13.2. The Balaban J connectivity index is 1.95. The average Bonchev–Trinajstić information content (AvgIpc) is 2.64. The van der Waals surface area contributed by atoms with Crippen LogP contribution in [-0.2, 0) is 0 Å². The van der Waals surface area contributed by atoms with Gasteiger partial charge in [-0.1, -0.05) is 25.7 Å². The van der Waals surface area contributed by atoms with Crippen LogP contribution in [0, 0.1) is 0 Å². The van der Waals surface area contributed by atoms with Crippen molar-refractivity contribution < 1.29 is 13.2 Å². The lowest BCUT2D eigenvalue weighted by Crippen LogP contribution is -2.34. The molecule has 2 heterocycles. The Kier molecular flexibility index (Phi) is 4.21. The van der Waals surface area contributed by atoms with Gasteiger partial charge >= 0.3 is 6.18 Å². The topological polar surface area (TPSA) is 29.9 Å². The molecule has 1 aromatic heterocycles. The van der Waals surface area contributed by atoms with E-state index in [9.17, 15) is 13.2 Å². The monoisotopic (exact) mass is 365 g/mol. The zero-order chi connectivity index (χ0) is 15.0. The highest BCUT2D eigenvalue weighted by Crippen LogP contribution is 2.44. The molecular formula is C14H19BrF3N3. The van der Waals surface area contributed by atoms with Gasteiger partial charge in [0.1, 0.15) is 5.82 Å². The quantitative estimate of drug-likeness (QED) is 0.709. The lowest BCUT2D eigenvalue weighted by Gasteiger charge is -2.27. The lowest BCUT2D eigenvalue weighted by atomic mass is 9.97. The SMILES string of the molecule is FC(F)(F)C1CCNc2c(Br)c(C3CCCCCC3)nn21. The third-order valence-electron chi connectivity index (χ3n) is 4.50. The number of anilines is 1. The van der Waals surface area contributed by atoms with Crippen LogP contribution in [0.2, 0.25) is 0 Å². The van der Waals surface area contributed by atoms with Crippen LogP contribution < -0.4 is 5.32 Å². The average molecular weight is 366 g/mol. The molecule has 0 aromatic carbocycles. The Labute approximate surface area is 130 Å². The highest BCUT2D eigenvalue weighted by molar-refractivity contribution is 9.10. The first-order chi connectivity index (χ1) is 9.98. The number of alkyl halides is 3. The molecule has 1 N–H and O–H groups in total. The van der Waals surface area contributed by atoms with Gasteiger partial charge in [-0.15, -0.1) is 0 Å². The van der Waals surface area contributed by atoms with E-state index >= 15 is 0 Å². The van der Waals surface area contributed by atoms with Gasteiger partial charge in [0.15, 0.2) is 6.04 Å². The van der Waals surface area contributed by atoms with E-state index in [0.717, 1.165) is 40.5 Å². The fourth-order valence-electron chi connectivity index (χ4n) is 3.38. The normalized spacial score (nSPS) is 24.3. The van der Waals surface area contributed by atoms with Crippen LogP contribution in [0.4, 0.5) is 19.0 Å². The molecule has 1 aromatic rings. The standard InChI is InChI=1S/C14H19BrF3N3/c15-11-12(9-5-3-1-2-4-6-9)20-21-10(14(16,17)18)7-8-19-13(11)21/h9-10,19H,1-8H2. The summed E-state index contributed by atoms with van der Waals surface area (Å²) >= 11 is 3.48. The molecule has 0 bridgehead atoms. The molecule has 1 aliphatic carbocycles. The van der Waals surface area contributed by atoms with Gasteiger partial charge in [-0.05, 0) is 35.2 Å². The maximum atomic E-state index is 13.2. The first-order valence-corrected chi connectivity index (χ1v) is 8.36. The number of hydrogen-bond donors (Lipinski definition) is 1. The summed E-state index contributed by atoms with van der Waals surface area (Å²) in [5, 5.41) is 7.41. The molecule has 21 heavy (non-hydrogen) atoms. The number of nitrogens with one attached hydrogen (secondary N) is 1. The molecule has 3 rings (SSSR count). The molecule has 1 unspecified atom stereocenters.